The molecule has 0 saturated carbocycles. The molecule has 9 heavy (non-hydrogen) atoms. The topological polar surface area (TPSA) is 20.3 Å². The summed E-state index contributed by atoms with van der Waals surface area (Å²) in [6.07, 6.45) is 2.99. The van der Waals surface area contributed by atoms with Gasteiger partial charge >= 0.3 is 0 Å². The number of hydrogen-bond acceptors (Lipinski definition) is 2. The van der Waals surface area contributed by atoms with E-state index in [9.17, 15) is 4.79 Å². The predicted molar refractivity (Wildman–Crippen MR) is 36.3 cm³/mol. The molecule has 0 aromatic rings. The Bertz CT molecular complexity index is 103. The lowest BCUT2D eigenvalue weighted by atomic mass is 10.1. The third-order valence-corrected chi connectivity index (χ3v) is 1.92. The van der Waals surface area contributed by atoms with Gasteiger partial charge in [-0.25, -0.2) is 0 Å². The lowest BCUT2D eigenvalue weighted by Crippen LogP contribution is -2.13. The zero-order valence-corrected chi connectivity index (χ0v) is 5.84. The minimum absolute atomic E-state index is 0.646. The Morgan fingerprint density at radius 2 is 2.56 bits per heavy atom. The van der Waals surface area contributed by atoms with Crippen LogP contribution in [0.1, 0.15) is 12.8 Å². The van der Waals surface area contributed by atoms with Gasteiger partial charge in [-0.3, -0.25) is 0 Å². The molecule has 1 aliphatic heterocycles. The molecule has 1 aliphatic rings. The van der Waals surface area contributed by atoms with Crippen LogP contribution in [0.2, 0.25) is 0 Å². The lowest BCUT2D eigenvalue weighted by Gasteiger charge is -2.05. The van der Waals surface area contributed by atoms with Gasteiger partial charge in [-0.1, -0.05) is 0 Å². The van der Waals surface area contributed by atoms with Gasteiger partial charge in [-0.05, 0) is 25.9 Å². The Morgan fingerprint density at radius 1 is 1.78 bits per heavy atom. The van der Waals surface area contributed by atoms with Crippen LogP contribution in [0.15, 0.2) is 0 Å². The first-order valence-electron chi connectivity index (χ1n) is 3.45. The fourth-order valence-electron chi connectivity index (χ4n) is 1.35. The van der Waals surface area contributed by atoms with E-state index in [2.05, 4.69) is 11.9 Å². The zero-order valence-electron chi connectivity index (χ0n) is 5.84. The van der Waals surface area contributed by atoms with E-state index in [0.29, 0.717) is 5.92 Å². The van der Waals surface area contributed by atoms with Gasteiger partial charge in [-0.2, -0.15) is 0 Å². The summed E-state index contributed by atoms with van der Waals surface area (Å²) in [5.41, 5.74) is 0. The Hall–Kier alpha value is -0.370. The quantitative estimate of drug-likeness (QED) is 0.504. The molecule has 0 aliphatic carbocycles. The second-order valence-electron chi connectivity index (χ2n) is 2.82. The molecule has 1 fully saturated rings. The summed E-state index contributed by atoms with van der Waals surface area (Å²) < 4.78 is 0. The van der Waals surface area contributed by atoms with E-state index >= 15 is 0 Å². The van der Waals surface area contributed by atoms with Crippen molar-refractivity contribution in [2.24, 2.45) is 5.92 Å². The van der Waals surface area contributed by atoms with Crippen molar-refractivity contribution in [3.05, 3.63) is 0 Å². The van der Waals surface area contributed by atoms with Crippen LogP contribution in [0, 0.1) is 5.92 Å². The number of nitrogens with zero attached hydrogens (tertiary/aromatic N) is 1. The maximum absolute atomic E-state index is 10.0. The van der Waals surface area contributed by atoms with Gasteiger partial charge < -0.3 is 9.69 Å². The standard InChI is InChI=1S/C7H13NO/c1-8-4-2-7(6-8)3-5-9/h5,7H,2-4,6H2,1H3/t7-/m1/s1. The van der Waals surface area contributed by atoms with Crippen molar-refractivity contribution in [3.63, 3.8) is 0 Å². The average molecular weight is 127 g/mol. The van der Waals surface area contributed by atoms with E-state index in [-0.39, 0.29) is 0 Å². The molecule has 2 heteroatoms. The SMILES string of the molecule is CN1CC[C@H](CC=O)C1. The molecule has 1 heterocycles. The van der Waals surface area contributed by atoms with Crippen LogP contribution in [-0.4, -0.2) is 31.3 Å². The minimum Gasteiger partial charge on any atom is -0.306 e. The van der Waals surface area contributed by atoms with Crippen molar-refractivity contribution >= 4 is 6.29 Å². The molecule has 0 unspecified atom stereocenters. The third-order valence-electron chi connectivity index (χ3n) is 1.92. The van der Waals surface area contributed by atoms with Gasteiger partial charge in [0.05, 0.1) is 0 Å². The highest BCUT2D eigenvalue weighted by Gasteiger charge is 2.17. The summed E-state index contributed by atoms with van der Waals surface area (Å²) >= 11 is 0. The fourth-order valence-corrected chi connectivity index (χ4v) is 1.35. The van der Waals surface area contributed by atoms with Crippen LogP contribution in [-0.2, 0) is 4.79 Å². The molecule has 0 spiro atoms. The fraction of sp³-hybridized carbons (Fsp3) is 0.857. The molecule has 0 bridgehead atoms. The van der Waals surface area contributed by atoms with Crippen LogP contribution in [0.3, 0.4) is 0 Å². The minimum atomic E-state index is 0.646. The van der Waals surface area contributed by atoms with Crippen molar-refractivity contribution in [3.8, 4) is 0 Å². The summed E-state index contributed by atoms with van der Waals surface area (Å²) in [5.74, 6) is 0.646. The number of hydrogen-bond donors (Lipinski definition) is 0. The van der Waals surface area contributed by atoms with E-state index < -0.39 is 0 Å². The van der Waals surface area contributed by atoms with Crippen LogP contribution < -0.4 is 0 Å². The van der Waals surface area contributed by atoms with E-state index in [1.807, 2.05) is 0 Å². The van der Waals surface area contributed by atoms with Gasteiger partial charge in [0.25, 0.3) is 0 Å². The molecular formula is C7H13NO. The number of carbonyl (C=O) groups is 1. The van der Waals surface area contributed by atoms with Gasteiger partial charge in [0, 0.05) is 13.0 Å². The molecule has 0 aromatic heterocycles. The maximum atomic E-state index is 10.0. The molecule has 0 N–H and O–H groups in total. The van der Waals surface area contributed by atoms with Crippen molar-refractivity contribution in [1.29, 1.82) is 0 Å². The van der Waals surface area contributed by atoms with Crippen LogP contribution in [0.25, 0.3) is 0 Å². The number of likely N-dealkylation sites (tertiary alicyclic amines) is 1. The highest BCUT2D eigenvalue weighted by atomic mass is 16.1. The average Bonchev–Trinajstić information content (AvgIpc) is 2.17. The molecular weight excluding hydrogens is 114 g/mol. The van der Waals surface area contributed by atoms with Crippen molar-refractivity contribution < 1.29 is 4.79 Å². The Balaban J connectivity index is 2.21. The van der Waals surface area contributed by atoms with Crippen molar-refractivity contribution in [2.75, 3.05) is 20.1 Å². The number of rotatable bonds is 2. The van der Waals surface area contributed by atoms with Gasteiger partial charge in [0.15, 0.2) is 0 Å². The molecule has 0 aromatic carbocycles. The monoisotopic (exact) mass is 127 g/mol. The number of aldehydes is 1. The summed E-state index contributed by atoms with van der Waals surface area (Å²) in [4.78, 5) is 12.3. The van der Waals surface area contributed by atoms with Crippen molar-refractivity contribution in [2.45, 2.75) is 12.8 Å². The largest absolute Gasteiger partial charge is 0.306 e. The van der Waals surface area contributed by atoms with Crippen LogP contribution in [0.4, 0.5) is 0 Å². The Kier molecular flexibility index (Phi) is 2.22. The molecule has 0 radical (unpaired) electrons. The first-order valence-corrected chi connectivity index (χ1v) is 3.45. The van der Waals surface area contributed by atoms with E-state index in [0.717, 1.165) is 19.3 Å². The molecule has 1 atom stereocenters. The first-order chi connectivity index (χ1) is 4.33. The zero-order chi connectivity index (χ0) is 6.69. The van der Waals surface area contributed by atoms with Gasteiger partial charge in [0.1, 0.15) is 6.29 Å². The highest BCUT2D eigenvalue weighted by Crippen LogP contribution is 2.15. The molecule has 1 rings (SSSR count). The molecule has 1 saturated heterocycles. The van der Waals surface area contributed by atoms with Crippen molar-refractivity contribution in [1.82, 2.24) is 4.90 Å². The van der Waals surface area contributed by atoms with Gasteiger partial charge in [-0.15, -0.1) is 0 Å². The summed E-state index contributed by atoms with van der Waals surface area (Å²) in [6, 6.07) is 0. The first kappa shape index (κ1) is 6.75. The second-order valence-corrected chi connectivity index (χ2v) is 2.82. The number of carbonyl (C=O) groups excluding carboxylic acids is 1. The molecule has 52 valence electrons. The maximum Gasteiger partial charge on any atom is 0.120 e. The highest BCUT2D eigenvalue weighted by molar-refractivity contribution is 5.49. The van der Waals surface area contributed by atoms with E-state index in [4.69, 9.17) is 0 Å². The molecule has 2 nitrogen and oxygen atoms in total. The van der Waals surface area contributed by atoms with Gasteiger partial charge in [0.2, 0.25) is 0 Å². The third kappa shape index (κ3) is 1.79. The Labute approximate surface area is 55.8 Å². The normalized spacial score (nSPS) is 28.8. The van der Waals surface area contributed by atoms with E-state index in [1.54, 1.807) is 0 Å². The predicted octanol–water partition coefficient (Wildman–Crippen LogP) is 0.527. The smallest absolute Gasteiger partial charge is 0.120 e. The summed E-state index contributed by atoms with van der Waals surface area (Å²) in [6.45, 7) is 2.28. The summed E-state index contributed by atoms with van der Waals surface area (Å²) in [5, 5.41) is 0. The van der Waals surface area contributed by atoms with Crippen LogP contribution >= 0.6 is 0 Å². The second kappa shape index (κ2) is 2.97. The van der Waals surface area contributed by atoms with E-state index in [1.165, 1.54) is 13.0 Å². The molecule has 0 amide bonds. The summed E-state index contributed by atoms with van der Waals surface area (Å²) in [7, 11) is 2.10. The van der Waals surface area contributed by atoms with Crippen LogP contribution in [0.5, 0.6) is 0 Å². The lowest BCUT2D eigenvalue weighted by molar-refractivity contribution is -0.108. The Morgan fingerprint density at radius 3 is 3.00 bits per heavy atom.